The highest BCUT2D eigenvalue weighted by atomic mass is 14.9. The number of benzene rings is 1. The first-order chi connectivity index (χ1) is 8.52. The highest BCUT2D eigenvalue weighted by Crippen LogP contribution is 2.23. The van der Waals surface area contributed by atoms with Crippen LogP contribution in [0.2, 0.25) is 0 Å². The molecule has 0 amide bonds. The summed E-state index contributed by atoms with van der Waals surface area (Å²) in [6.45, 7) is 7.08. The van der Waals surface area contributed by atoms with Gasteiger partial charge in [-0.15, -0.1) is 0 Å². The van der Waals surface area contributed by atoms with Gasteiger partial charge in [-0.3, -0.25) is 0 Å². The highest BCUT2D eigenvalue weighted by Gasteiger charge is 2.18. The smallest absolute Gasteiger partial charge is 0.107 e. The Morgan fingerprint density at radius 3 is 2.67 bits per heavy atom. The molecule has 0 bridgehead atoms. The van der Waals surface area contributed by atoms with Crippen LogP contribution in [-0.2, 0) is 6.42 Å². The summed E-state index contributed by atoms with van der Waals surface area (Å²) in [6, 6.07) is 8.32. The predicted octanol–water partition coefficient (Wildman–Crippen LogP) is 2.91. The molecule has 96 valence electrons. The second-order valence-electron chi connectivity index (χ2n) is 5.60. The lowest BCUT2D eigenvalue weighted by atomic mass is 9.89. The maximum absolute atomic E-state index is 5.75. The molecule has 0 fully saturated rings. The van der Waals surface area contributed by atoms with Gasteiger partial charge in [-0.2, -0.15) is 0 Å². The van der Waals surface area contributed by atoms with Gasteiger partial charge >= 0.3 is 0 Å². The van der Waals surface area contributed by atoms with Crippen LogP contribution in [0.15, 0.2) is 30.5 Å². The van der Waals surface area contributed by atoms with E-state index in [1.165, 1.54) is 11.1 Å². The van der Waals surface area contributed by atoms with Crippen molar-refractivity contribution in [1.82, 2.24) is 9.97 Å². The summed E-state index contributed by atoms with van der Waals surface area (Å²) in [4.78, 5) is 7.85. The van der Waals surface area contributed by atoms with Gasteiger partial charge in [-0.05, 0) is 24.4 Å². The van der Waals surface area contributed by atoms with E-state index in [9.17, 15) is 0 Å². The fourth-order valence-corrected chi connectivity index (χ4v) is 1.99. The zero-order valence-electron chi connectivity index (χ0n) is 11.3. The minimum Gasteiger partial charge on any atom is -0.342 e. The van der Waals surface area contributed by atoms with Gasteiger partial charge < -0.3 is 10.7 Å². The minimum absolute atomic E-state index is 0.0842. The Hall–Kier alpha value is -1.61. The summed E-state index contributed by atoms with van der Waals surface area (Å²) < 4.78 is 0. The quantitative estimate of drug-likeness (QED) is 0.867. The molecule has 18 heavy (non-hydrogen) atoms. The Morgan fingerprint density at radius 1 is 1.28 bits per heavy atom. The van der Waals surface area contributed by atoms with Crippen LogP contribution in [-0.4, -0.2) is 16.5 Å². The van der Waals surface area contributed by atoms with Crippen molar-refractivity contribution < 1.29 is 0 Å². The van der Waals surface area contributed by atoms with Crippen molar-refractivity contribution in [2.75, 3.05) is 6.54 Å². The number of aromatic amines is 1. The first-order valence-corrected chi connectivity index (χ1v) is 6.32. The number of aromatic nitrogens is 2. The number of hydrogen-bond acceptors (Lipinski definition) is 2. The fraction of sp³-hybridized carbons (Fsp3) is 0.400. The summed E-state index contributed by atoms with van der Waals surface area (Å²) in [5, 5.41) is 0. The van der Waals surface area contributed by atoms with Crippen LogP contribution in [0.5, 0.6) is 0 Å². The molecule has 0 saturated heterocycles. The van der Waals surface area contributed by atoms with Crippen LogP contribution >= 0.6 is 0 Å². The molecule has 0 aliphatic heterocycles. The number of nitrogens with two attached hydrogens (primary N) is 1. The Kier molecular flexibility index (Phi) is 3.53. The second kappa shape index (κ2) is 4.94. The van der Waals surface area contributed by atoms with E-state index < -0.39 is 0 Å². The molecule has 3 N–H and O–H groups in total. The van der Waals surface area contributed by atoms with Crippen molar-refractivity contribution in [2.45, 2.75) is 27.2 Å². The highest BCUT2D eigenvalue weighted by molar-refractivity contribution is 5.62. The van der Waals surface area contributed by atoms with E-state index in [4.69, 9.17) is 5.73 Å². The molecule has 3 nitrogen and oxygen atoms in total. The molecular weight excluding hydrogens is 222 g/mol. The van der Waals surface area contributed by atoms with Gasteiger partial charge in [0.15, 0.2) is 0 Å². The number of nitrogens with zero attached hydrogens (tertiary/aromatic N) is 1. The summed E-state index contributed by atoms with van der Waals surface area (Å²) in [5.74, 6) is 1.00. The van der Waals surface area contributed by atoms with Crippen LogP contribution in [0.1, 0.15) is 25.2 Å². The molecular formula is C15H21N3. The number of H-pyrrole nitrogens is 1. The van der Waals surface area contributed by atoms with Crippen molar-refractivity contribution in [2.24, 2.45) is 11.1 Å². The minimum atomic E-state index is 0.0842. The van der Waals surface area contributed by atoms with Crippen molar-refractivity contribution >= 4 is 0 Å². The first kappa shape index (κ1) is 12.8. The lowest BCUT2D eigenvalue weighted by Crippen LogP contribution is -2.26. The van der Waals surface area contributed by atoms with Gasteiger partial charge in [-0.25, -0.2) is 4.98 Å². The van der Waals surface area contributed by atoms with Crippen LogP contribution < -0.4 is 5.73 Å². The molecule has 1 heterocycles. The Bertz CT molecular complexity index is 526. The number of aryl methyl sites for hydroxylation is 1. The molecule has 3 heteroatoms. The van der Waals surface area contributed by atoms with Gasteiger partial charge in [-0.1, -0.05) is 38.1 Å². The summed E-state index contributed by atoms with van der Waals surface area (Å²) in [7, 11) is 0. The van der Waals surface area contributed by atoms with E-state index in [2.05, 4.69) is 42.9 Å². The number of imidazole rings is 1. The lowest BCUT2D eigenvalue weighted by molar-refractivity contribution is 0.369. The van der Waals surface area contributed by atoms with Crippen LogP contribution in [0, 0.1) is 12.3 Å². The van der Waals surface area contributed by atoms with Crippen molar-refractivity contribution in [3.05, 3.63) is 41.9 Å². The summed E-state index contributed by atoms with van der Waals surface area (Å²) >= 11 is 0. The third-order valence-corrected chi connectivity index (χ3v) is 3.26. The zero-order chi connectivity index (χ0) is 13.2. The van der Waals surface area contributed by atoms with E-state index in [-0.39, 0.29) is 5.41 Å². The zero-order valence-corrected chi connectivity index (χ0v) is 11.3. The standard InChI is InChI=1S/C15H21N3/c1-11-6-4-5-7-12(11)13-9-17-14(18-13)8-15(2,3)10-16/h4-7,9H,8,10,16H2,1-3H3,(H,17,18). The third kappa shape index (κ3) is 2.79. The molecule has 0 aliphatic rings. The van der Waals surface area contributed by atoms with E-state index in [0.717, 1.165) is 17.9 Å². The maximum atomic E-state index is 5.75. The molecule has 0 aliphatic carbocycles. The van der Waals surface area contributed by atoms with Gasteiger partial charge in [0.2, 0.25) is 0 Å². The molecule has 1 aromatic carbocycles. The van der Waals surface area contributed by atoms with Gasteiger partial charge in [0.05, 0.1) is 11.9 Å². The number of nitrogens with one attached hydrogen (secondary N) is 1. The monoisotopic (exact) mass is 243 g/mol. The lowest BCUT2D eigenvalue weighted by Gasteiger charge is -2.20. The van der Waals surface area contributed by atoms with Crippen molar-refractivity contribution in [3.8, 4) is 11.3 Å². The maximum Gasteiger partial charge on any atom is 0.107 e. The summed E-state index contributed by atoms with van der Waals surface area (Å²) in [5.41, 5.74) is 9.38. The van der Waals surface area contributed by atoms with Crippen LogP contribution in [0.25, 0.3) is 11.3 Å². The van der Waals surface area contributed by atoms with E-state index >= 15 is 0 Å². The molecule has 2 rings (SSSR count). The molecule has 0 saturated carbocycles. The first-order valence-electron chi connectivity index (χ1n) is 6.32. The largest absolute Gasteiger partial charge is 0.342 e. The molecule has 0 atom stereocenters. The molecule has 1 aromatic heterocycles. The average molecular weight is 243 g/mol. The predicted molar refractivity (Wildman–Crippen MR) is 75.3 cm³/mol. The van der Waals surface area contributed by atoms with Gasteiger partial charge in [0, 0.05) is 12.0 Å². The number of rotatable bonds is 4. The number of hydrogen-bond donors (Lipinski definition) is 2. The molecule has 2 aromatic rings. The van der Waals surface area contributed by atoms with Gasteiger partial charge in [0.1, 0.15) is 5.82 Å². The van der Waals surface area contributed by atoms with Crippen molar-refractivity contribution in [1.29, 1.82) is 0 Å². The Morgan fingerprint density at radius 2 is 2.00 bits per heavy atom. The average Bonchev–Trinajstić information content (AvgIpc) is 2.77. The Labute approximate surface area is 108 Å². The van der Waals surface area contributed by atoms with E-state index in [1.54, 1.807) is 0 Å². The van der Waals surface area contributed by atoms with Crippen molar-refractivity contribution in [3.63, 3.8) is 0 Å². The molecule has 0 unspecified atom stereocenters. The SMILES string of the molecule is Cc1ccccc1-c1cnc(CC(C)(C)CN)[nH]1. The van der Waals surface area contributed by atoms with Crippen LogP contribution in [0.3, 0.4) is 0 Å². The molecule has 0 spiro atoms. The fourth-order valence-electron chi connectivity index (χ4n) is 1.99. The van der Waals surface area contributed by atoms with E-state index in [1.807, 2.05) is 18.3 Å². The van der Waals surface area contributed by atoms with E-state index in [0.29, 0.717) is 6.54 Å². The third-order valence-electron chi connectivity index (χ3n) is 3.26. The normalized spacial score (nSPS) is 11.8. The molecule has 0 radical (unpaired) electrons. The second-order valence-corrected chi connectivity index (χ2v) is 5.60. The Balaban J connectivity index is 2.24. The van der Waals surface area contributed by atoms with Crippen LogP contribution in [0.4, 0.5) is 0 Å². The topological polar surface area (TPSA) is 54.7 Å². The van der Waals surface area contributed by atoms with Gasteiger partial charge in [0.25, 0.3) is 0 Å². The summed E-state index contributed by atoms with van der Waals surface area (Å²) in [6.07, 6.45) is 2.78.